The van der Waals surface area contributed by atoms with Gasteiger partial charge in [0.25, 0.3) is 0 Å². The number of fused-ring (bicyclic) bond motifs is 4. The van der Waals surface area contributed by atoms with Gasteiger partial charge in [0.2, 0.25) is 0 Å². The second-order valence-corrected chi connectivity index (χ2v) is 12.2. The Morgan fingerprint density at radius 2 is 1.46 bits per heavy atom. The summed E-state index contributed by atoms with van der Waals surface area (Å²) < 4.78 is 0. The Morgan fingerprint density at radius 1 is 0.634 bits per heavy atom. The summed E-state index contributed by atoms with van der Waals surface area (Å²) in [6.45, 7) is 4.67. The quantitative estimate of drug-likeness (QED) is 0.220. The maximum absolute atomic E-state index is 4.77. The molecular weight excluding hydrogens is 494 g/mol. The highest BCUT2D eigenvalue weighted by Crippen LogP contribution is 2.51. The third-order valence-corrected chi connectivity index (χ3v) is 9.80. The number of benzene rings is 5. The summed E-state index contributed by atoms with van der Waals surface area (Å²) in [5.74, 6) is 0. The third kappa shape index (κ3) is 3.09. The summed E-state index contributed by atoms with van der Waals surface area (Å²) >= 11 is 0. The fraction of sp³-hybridized carbons (Fsp3) is 0.125. The molecule has 0 bridgehead atoms. The zero-order valence-corrected chi connectivity index (χ0v) is 23.3. The minimum absolute atomic E-state index is 0.0621. The molecule has 0 atom stereocenters. The van der Waals surface area contributed by atoms with E-state index in [9.17, 15) is 0 Å². The first-order chi connectivity index (χ1) is 20.1. The minimum Gasteiger partial charge on any atom is -0.256 e. The number of aromatic nitrogens is 1. The lowest BCUT2D eigenvalue weighted by atomic mass is 9.75. The lowest BCUT2D eigenvalue weighted by Gasteiger charge is -2.28. The summed E-state index contributed by atoms with van der Waals surface area (Å²) in [6.07, 6.45) is 8.80. The molecule has 1 heteroatoms. The average Bonchev–Trinajstić information content (AvgIpc) is 3.25. The molecule has 0 radical (unpaired) electrons. The van der Waals surface area contributed by atoms with Crippen molar-refractivity contribution in [1.82, 2.24) is 4.98 Å². The van der Waals surface area contributed by atoms with Crippen molar-refractivity contribution in [2.45, 2.75) is 32.1 Å². The molecule has 0 aliphatic heterocycles. The van der Waals surface area contributed by atoms with E-state index in [1.165, 1.54) is 82.8 Å². The molecule has 0 unspecified atom stereocenters. The highest BCUT2D eigenvalue weighted by atomic mass is 14.7. The topological polar surface area (TPSA) is 12.9 Å². The maximum Gasteiger partial charge on any atom is 0.0745 e. The minimum atomic E-state index is -0.0621. The van der Waals surface area contributed by atoms with Crippen LogP contribution in [0.4, 0.5) is 0 Å². The summed E-state index contributed by atoms with van der Waals surface area (Å²) in [6, 6.07) is 36.2. The van der Waals surface area contributed by atoms with Gasteiger partial charge in [0.05, 0.1) is 5.69 Å². The molecular formula is C40H29N. The summed E-state index contributed by atoms with van der Waals surface area (Å²) in [5.41, 5.74) is 16.1. The van der Waals surface area contributed by atoms with E-state index in [2.05, 4.69) is 123 Å². The van der Waals surface area contributed by atoms with Gasteiger partial charge >= 0.3 is 0 Å². The molecule has 0 spiro atoms. The molecule has 9 rings (SSSR count). The van der Waals surface area contributed by atoms with Gasteiger partial charge in [-0.1, -0.05) is 111 Å². The number of allylic oxidation sites excluding steroid dienone is 3. The van der Waals surface area contributed by atoms with Crippen molar-refractivity contribution in [3.05, 3.63) is 149 Å². The van der Waals surface area contributed by atoms with Gasteiger partial charge in [0, 0.05) is 17.2 Å². The van der Waals surface area contributed by atoms with E-state index in [1.807, 2.05) is 6.20 Å². The lowest BCUT2D eigenvalue weighted by molar-refractivity contribution is 0.659. The van der Waals surface area contributed by atoms with E-state index in [4.69, 9.17) is 4.98 Å². The van der Waals surface area contributed by atoms with Gasteiger partial charge in [-0.2, -0.15) is 0 Å². The Labute approximate surface area is 240 Å². The van der Waals surface area contributed by atoms with Crippen molar-refractivity contribution in [2.24, 2.45) is 0 Å². The SMILES string of the molecule is CC1(C)c2cc(-c3ccc4ccc5c6c4c3CC=C6CC=C5c3cccc4ccccc34)ccc2-c2ncccc21. The van der Waals surface area contributed by atoms with Crippen molar-refractivity contribution in [3.63, 3.8) is 0 Å². The Bertz CT molecular complexity index is 2170. The Kier molecular flexibility index (Phi) is 4.57. The van der Waals surface area contributed by atoms with Crippen molar-refractivity contribution >= 4 is 32.7 Å². The number of hydrogen-bond acceptors (Lipinski definition) is 1. The van der Waals surface area contributed by atoms with Crippen LogP contribution in [0.25, 0.3) is 55.1 Å². The molecule has 41 heavy (non-hydrogen) atoms. The van der Waals surface area contributed by atoms with E-state index < -0.39 is 0 Å². The van der Waals surface area contributed by atoms with E-state index in [0.29, 0.717) is 0 Å². The largest absolute Gasteiger partial charge is 0.256 e. The Morgan fingerprint density at radius 3 is 2.39 bits per heavy atom. The van der Waals surface area contributed by atoms with Crippen molar-refractivity contribution in [2.75, 3.05) is 0 Å². The monoisotopic (exact) mass is 523 g/mol. The highest BCUT2D eigenvalue weighted by Gasteiger charge is 2.36. The van der Waals surface area contributed by atoms with Crippen LogP contribution >= 0.6 is 0 Å². The van der Waals surface area contributed by atoms with Gasteiger partial charge in [-0.05, 0) is 102 Å². The van der Waals surface area contributed by atoms with Crippen LogP contribution in [0, 0.1) is 0 Å². The molecule has 0 saturated carbocycles. The molecule has 6 aromatic rings. The highest BCUT2D eigenvalue weighted by molar-refractivity contribution is 6.10. The predicted octanol–water partition coefficient (Wildman–Crippen LogP) is 10.1. The van der Waals surface area contributed by atoms with Gasteiger partial charge in [0.15, 0.2) is 0 Å². The summed E-state index contributed by atoms with van der Waals surface area (Å²) in [4.78, 5) is 4.77. The molecule has 0 N–H and O–H groups in total. The summed E-state index contributed by atoms with van der Waals surface area (Å²) in [7, 11) is 0. The normalized spacial score (nSPS) is 15.9. The third-order valence-electron chi connectivity index (χ3n) is 9.80. The lowest BCUT2D eigenvalue weighted by Crippen LogP contribution is -2.15. The van der Waals surface area contributed by atoms with Crippen molar-refractivity contribution in [1.29, 1.82) is 0 Å². The second kappa shape index (κ2) is 8.15. The number of nitrogens with zero attached hydrogens (tertiary/aromatic N) is 1. The van der Waals surface area contributed by atoms with Crippen LogP contribution < -0.4 is 0 Å². The first kappa shape index (κ1) is 23.0. The molecule has 3 aliphatic carbocycles. The first-order valence-electron chi connectivity index (χ1n) is 14.7. The maximum atomic E-state index is 4.77. The first-order valence-corrected chi connectivity index (χ1v) is 14.7. The van der Waals surface area contributed by atoms with E-state index >= 15 is 0 Å². The van der Waals surface area contributed by atoms with Gasteiger partial charge < -0.3 is 0 Å². The molecule has 1 aromatic heterocycles. The molecule has 1 nitrogen and oxygen atoms in total. The van der Waals surface area contributed by atoms with Crippen LogP contribution in [0.3, 0.4) is 0 Å². The van der Waals surface area contributed by atoms with Crippen LogP contribution in [0.1, 0.15) is 53.6 Å². The number of rotatable bonds is 2. The zero-order valence-electron chi connectivity index (χ0n) is 23.3. The molecule has 0 amide bonds. The van der Waals surface area contributed by atoms with Crippen LogP contribution in [0.5, 0.6) is 0 Å². The molecule has 3 aliphatic rings. The standard InChI is InChI=1S/C40H29N/c1-40(2)35-11-6-22-41-39(35)34-21-16-27(23-36(34)40)29-17-12-25-15-20-33-31(18-13-26-14-19-32(29)37(25)38(26)33)30-10-5-8-24-7-3-4-9-28(24)30/h3-12,14-18,20-23H,13,19H2,1-2H3. The van der Waals surface area contributed by atoms with Crippen LogP contribution in [-0.4, -0.2) is 4.98 Å². The fourth-order valence-corrected chi connectivity index (χ4v) is 7.79. The smallest absolute Gasteiger partial charge is 0.0745 e. The fourth-order valence-electron chi connectivity index (χ4n) is 7.79. The predicted molar refractivity (Wildman–Crippen MR) is 172 cm³/mol. The van der Waals surface area contributed by atoms with Crippen LogP contribution in [0.15, 0.2) is 115 Å². The molecule has 0 fully saturated rings. The summed E-state index contributed by atoms with van der Waals surface area (Å²) in [5, 5.41) is 5.39. The Hall–Kier alpha value is -4.75. The van der Waals surface area contributed by atoms with Gasteiger partial charge in [-0.15, -0.1) is 0 Å². The number of hydrogen-bond donors (Lipinski definition) is 0. The van der Waals surface area contributed by atoms with Crippen LogP contribution in [-0.2, 0) is 11.8 Å². The van der Waals surface area contributed by atoms with E-state index in [0.717, 1.165) is 18.5 Å². The van der Waals surface area contributed by atoms with Gasteiger partial charge in [0.1, 0.15) is 0 Å². The molecule has 1 heterocycles. The number of pyridine rings is 1. The second-order valence-electron chi connectivity index (χ2n) is 12.2. The Balaban J connectivity index is 1.25. The van der Waals surface area contributed by atoms with E-state index in [1.54, 1.807) is 0 Å². The van der Waals surface area contributed by atoms with Crippen molar-refractivity contribution < 1.29 is 0 Å². The van der Waals surface area contributed by atoms with Crippen molar-refractivity contribution in [3.8, 4) is 22.4 Å². The average molecular weight is 524 g/mol. The molecule has 5 aromatic carbocycles. The van der Waals surface area contributed by atoms with Crippen LogP contribution in [0.2, 0.25) is 0 Å². The zero-order chi connectivity index (χ0) is 27.3. The molecule has 0 saturated heterocycles. The van der Waals surface area contributed by atoms with Gasteiger partial charge in [-0.25, -0.2) is 0 Å². The van der Waals surface area contributed by atoms with E-state index in [-0.39, 0.29) is 5.41 Å². The van der Waals surface area contributed by atoms with Gasteiger partial charge in [-0.3, -0.25) is 4.98 Å². The molecule has 194 valence electrons.